The van der Waals surface area contributed by atoms with Crippen molar-refractivity contribution >= 4 is 22.4 Å². The van der Waals surface area contributed by atoms with Crippen LogP contribution >= 0.6 is 0 Å². The van der Waals surface area contributed by atoms with E-state index in [0.29, 0.717) is 10.6 Å². The summed E-state index contributed by atoms with van der Waals surface area (Å²) in [4.78, 5) is 12.5. The van der Waals surface area contributed by atoms with Gasteiger partial charge in [0.05, 0.1) is 10.8 Å². The van der Waals surface area contributed by atoms with Crippen LogP contribution in [0.2, 0.25) is 0 Å². The predicted molar refractivity (Wildman–Crippen MR) is 74.6 cm³/mol. The van der Waals surface area contributed by atoms with Crippen molar-refractivity contribution in [3.05, 3.63) is 24.3 Å². The van der Waals surface area contributed by atoms with Gasteiger partial charge in [0, 0.05) is 16.6 Å². The Morgan fingerprint density at radius 2 is 1.89 bits per heavy atom. The topological polar surface area (TPSA) is 72.2 Å². The van der Waals surface area contributed by atoms with Gasteiger partial charge >= 0.3 is 0 Å². The third-order valence-corrected chi connectivity index (χ3v) is 4.40. The van der Waals surface area contributed by atoms with Gasteiger partial charge in [0.2, 0.25) is 5.91 Å². The summed E-state index contributed by atoms with van der Waals surface area (Å²) in [6.45, 7) is 5.59. The maximum absolute atomic E-state index is 12.2. The van der Waals surface area contributed by atoms with Crippen molar-refractivity contribution in [1.29, 1.82) is 0 Å². The molecule has 0 heterocycles. The lowest BCUT2D eigenvalue weighted by atomic mass is 10.2. The van der Waals surface area contributed by atoms with Crippen LogP contribution in [-0.2, 0) is 15.6 Å². The van der Waals surface area contributed by atoms with Gasteiger partial charge in [-0.2, -0.15) is 0 Å². The second-order valence-electron chi connectivity index (χ2n) is 4.33. The van der Waals surface area contributed by atoms with Crippen LogP contribution in [0.15, 0.2) is 29.2 Å². The number of nitrogens with two attached hydrogens (primary N) is 1. The Kier molecular flexibility index (Phi) is 5.34. The summed E-state index contributed by atoms with van der Waals surface area (Å²) in [6.07, 6.45) is 0.854. The van der Waals surface area contributed by atoms with Crippen LogP contribution in [0.1, 0.15) is 27.2 Å². The van der Waals surface area contributed by atoms with Crippen molar-refractivity contribution in [3.8, 4) is 0 Å². The fourth-order valence-corrected chi connectivity index (χ4v) is 2.44. The van der Waals surface area contributed by atoms with E-state index in [1.165, 1.54) is 0 Å². The standard InChI is InChI=1S/C13H20N2O2S/c1-4-9(2)15-13(16)10(3)18(17)12-7-5-11(14)6-8-12/h5-10H,4,14H2,1-3H3,(H,15,16). The number of amides is 1. The number of carbonyl (C=O) groups excluding carboxylic acids is 1. The van der Waals surface area contributed by atoms with Crippen molar-refractivity contribution in [3.63, 3.8) is 0 Å². The Balaban J connectivity index is 2.71. The lowest BCUT2D eigenvalue weighted by Crippen LogP contribution is -2.40. The number of hydrogen-bond donors (Lipinski definition) is 2. The molecule has 0 bridgehead atoms. The van der Waals surface area contributed by atoms with Crippen LogP contribution in [0.25, 0.3) is 0 Å². The van der Waals surface area contributed by atoms with Gasteiger partial charge in [-0.25, -0.2) is 0 Å². The molecule has 3 N–H and O–H groups in total. The van der Waals surface area contributed by atoms with E-state index >= 15 is 0 Å². The molecule has 3 unspecified atom stereocenters. The first-order chi connectivity index (χ1) is 8.45. The van der Waals surface area contributed by atoms with Gasteiger partial charge in [0.15, 0.2) is 0 Å². The third kappa shape index (κ3) is 3.84. The average Bonchev–Trinajstić information content (AvgIpc) is 2.37. The lowest BCUT2D eigenvalue weighted by molar-refractivity contribution is -0.120. The van der Waals surface area contributed by atoms with E-state index in [0.717, 1.165) is 6.42 Å². The smallest absolute Gasteiger partial charge is 0.236 e. The number of rotatable bonds is 5. The zero-order chi connectivity index (χ0) is 13.7. The van der Waals surface area contributed by atoms with E-state index in [-0.39, 0.29) is 11.9 Å². The van der Waals surface area contributed by atoms with Gasteiger partial charge in [0.1, 0.15) is 5.25 Å². The fourth-order valence-electron chi connectivity index (χ4n) is 1.37. The van der Waals surface area contributed by atoms with Crippen LogP contribution in [0.5, 0.6) is 0 Å². The molecule has 18 heavy (non-hydrogen) atoms. The van der Waals surface area contributed by atoms with Crippen LogP contribution in [-0.4, -0.2) is 21.4 Å². The number of carbonyl (C=O) groups is 1. The summed E-state index contributed by atoms with van der Waals surface area (Å²) in [5, 5.41) is 2.27. The number of nitrogens with one attached hydrogen (secondary N) is 1. The van der Waals surface area contributed by atoms with E-state index in [1.54, 1.807) is 31.2 Å². The highest BCUT2D eigenvalue weighted by Crippen LogP contribution is 2.14. The molecule has 0 spiro atoms. The molecule has 1 amide bonds. The Morgan fingerprint density at radius 3 is 2.39 bits per heavy atom. The van der Waals surface area contributed by atoms with Crippen LogP contribution < -0.4 is 11.1 Å². The molecule has 100 valence electrons. The average molecular weight is 268 g/mol. The molecule has 0 aliphatic heterocycles. The first kappa shape index (κ1) is 14.7. The molecule has 1 aromatic rings. The molecule has 0 radical (unpaired) electrons. The van der Waals surface area contributed by atoms with E-state index in [1.807, 2.05) is 13.8 Å². The highest BCUT2D eigenvalue weighted by molar-refractivity contribution is 7.86. The first-order valence-electron chi connectivity index (χ1n) is 6.02. The van der Waals surface area contributed by atoms with Gasteiger partial charge in [-0.3, -0.25) is 9.00 Å². The van der Waals surface area contributed by atoms with E-state index in [4.69, 9.17) is 5.73 Å². The normalized spacial score (nSPS) is 15.7. The minimum atomic E-state index is -1.35. The third-order valence-electron chi connectivity index (χ3n) is 2.80. The molecule has 0 aliphatic rings. The number of nitrogen functional groups attached to an aromatic ring is 1. The number of anilines is 1. The molecule has 0 saturated carbocycles. The second kappa shape index (κ2) is 6.54. The van der Waals surface area contributed by atoms with E-state index < -0.39 is 16.0 Å². The maximum atomic E-state index is 12.2. The molecule has 0 fully saturated rings. The number of benzene rings is 1. The molecule has 3 atom stereocenters. The van der Waals surface area contributed by atoms with E-state index in [2.05, 4.69) is 5.32 Å². The highest BCUT2D eigenvalue weighted by Gasteiger charge is 2.22. The van der Waals surface area contributed by atoms with Crippen molar-refractivity contribution < 1.29 is 9.00 Å². The molecule has 0 aliphatic carbocycles. The molecule has 1 rings (SSSR count). The van der Waals surface area contributed by atoms with Crippen molar-refractivity contribution in [2.24, 2.45) is 0 Å². The number of hydrogen-bond acceptors (Lipinski definition) is 3. The quantitative estimate of drug-likeness (QED) is 0.798. The van der Waals surface area contributed by atoms with Crippen molar-refractivity contribution in [1.82, 2.24) is 5.32 Å². The van der Waals surface area contributed by atoms with E-state index in [9.17, 15) is 9.00 Å². The maximum Gasteiger partial charge on any atom is 0.236 e. The van der Waals surface area contributed by atoms with Crippen LogP contribution in [0.3, 0.4) is 0 Å². The zero-order valence-electron chi connectivity index (χ0n) is 11.0. The van der Waals surface area contributed by atoms with Gasteiger partial charge in [-0.1, -0.05) is 6.92 Å². The summed E-state index contributed by atoms with van der Waals surface area (Å²) in [7, 11) is -1.35. The summed E-state index contributed by atoms with van der Waals surface area (Å²) in [5.74, 6) is -0.181. The molecular weight excluding hydrogens is 248 g/mol. The summed E-state index contributed by atoms with van der Waals surface area (Å²) in [5.41, 5.74) is 6.19. The monoisotopic (exact) mass is 268 g/mol. The molecule has 4 nitrogen and oxygen atoms in total. The summed E-state index contributed by atoms with van der Waals surface area (Å²) >= 11 is 0. The summed E-state index contributed by atoms with van der Waals surface area (Å²) in [6, 6.07) is 6.86. The van der Waals surface area contributed by atoms with Gasteiger partial charge in [-0.05, 0) is 44.5 Å². The highest BCUT2D eigenvalue weighted by atomic mass is 32.2. The van der Waals surface area contributed by atoms with Gasteiger partial charge < -0.3 is 11.1 Å². The first-order valence-corrected chi connectivity index (χ1v) is 7.23. The SMILES string of the molecule is CCC(C)NC(=O)C(C)S(=O)c1ccc(N)cc1. The Bertz CT molecular complexity index is 431. The van der Waals surface area contributed by atoms with Crippen LogP contribution in [0, 0.1) is 0 Å². The van der Waals surface area contributed by atoms with Crippen molar-refractivity contribution in [2.75, 3.05) is 5.73 Å². The molecule has 0 saturated heterocycles. The second-order valence-corrected chi connectivity index (χ2v) is 6.10. The Morgan fingerprint density at radius 1 is 1.33 bits per heavy atom. The minimum absolute atomic E-state index is 0.100. The van der Waals surface area contributed by atoms with Crippen LogP contribution in [0.4, 0.5) is 5.69 Å². The van der Waals surface area contributed by atoms with Crippen molar-refractivity contribution in [2.45, 2.75) is 43.4 Å². The molecule has 0 aromatic heterocycles. The minimum Gasteiger partial charge on any atom is -0.399 e. The Labute approximate surface area is 110 Å². The molecule has 1 aromatic carbocycles. The summed E-state index contributed by atoms with van der Waals surface area (Å²) < 4.78 is 12.2. The lowest BCUT2D eigenvalue weighted by Gasteiger charge is -2.16. The van der Waals surface area contributed by atoms with Gasteiger partial charge in [-0.15, -0.1) is 0 Å². The Hall–Kier alpha value is -1.36. The molecular formula is C13H20N2O2S. The zero-order valence-corrected chi connectivity index (χ0v) is 11.8. The largest absolute Gasteiger partial charge is 0.399 e. The molecule has 5 heteroatoms. The van der Waals surface area contributed by atoms with Gasteiger partial charge in [0.25, 0.3) is 0 Å². The fraction of sp³-hybridized carbons (Fsp3) is 0.462. The predicted octanol–water partition coefficient (Wildman–Crippen LogP) is 1.68.